The number of hydrogen-bond donors (Lipinski definition) is 1. The molecule has 3 rings (SSSR count). The van der Waals surface area contributed by atoms with Crippen LogP contribution in [0.25, 0.3) is 11.0 Å². The lowest BCUT2D eigenvalue weighted by Gasteiger charge is -2.10. The normalized spacial score (nSPS) is 10.7. The number of nitrogens with zero attached hydrogens (tertiary/aromatic N) is 2. The van der Waals surface area contributed by atoms with E-state index in [4.69, 9.17) is 0 Å². The van der Waals surface area contributed by atoms with Gasteiger partial charge in [-0.1, -0.05) is 12.1 Å². The van der Waals surface area contributed by atoms with Crippen LogP contribution in [0.2, 0.25) is 0 Å². The second-order valence-corrected chi connectivity index (χ2v) is 5.35. The Morgan fingerprint density at radius 3 is 2.78 bits per heavy atom. The van der Waals surface area contributed by atoms with Crippen LogP contribution in [0.4, 0.5) is 5.69 Å². The van der Waals surface area contributed by atoms with Crippen LogP contribution < -0.4 is 10.9 Å². The highest BCUT2D eigenvalue weighted by molar-refractivity contribution is 6.05. The summed E-state index contributed by atoms with van der Waals surface area (Å²) in [6.07, 6.45) is 1.64. The molecule has 0 saturated heterocycles. The number of carbonyl (C=O) groups excluding carboxylic acids is 1. The van der Waals surface area contributed by atoms with Gasteiger partial charge in [-0.25, -0.2) is 4.98 Å². The average Bonchev–Trinajstić information content (AvgIpc) is 2.54. The number of rotatable bonds is 3. The molecule has 1 amide bonds. The summed E-state index contributed by atoms with van der Waals surface area (Å²) in [4.78, 5) is 29.3. The Morgan fingerprint density at radius 1 is 1.22 bits per heavy atom. The highest BCUT2D eigenvalue weighted by atomic mass is 16.2. The van der Waals surface area contributed by atoms with E-state index in [-0.39, 0.29) is 11.1 Å². The van der Waals surface area contributed by atoms with Gasteiger partial charge in [-0.3, -0.25) is 14.2 Å². The second-order valence-electron chi connectivity index (χ2n) is 5.35. The van der Waals surface area contributed by atoms with Gasteiger partial charge in [-0.05, 0) is 49.7 Å². The smallest absolute Gasteiger partial charge is 0.265 e. The average molecular weight is 307 g/mol. The summed E-state index contributed by atoms with van der Waals surface area (Å²) in [7, 11) is 0. The van der Waals surface area contributed by atoms with Crippen molar-refractivity contribution in [2.24, 2.45) is 0 Å². The molecular weight excluding hydrogens is 290 g/mol. The lowest BCUT2D eigenvalue weighted by Crippen LogP contribution is -2.29. The maximum atomic E-state index is 12.6. The maximum absolute atomic E-state index is 12.6. The number of carbonyl (C=O) groups is 1. The maximum Gasteiger partial charge on any atom is 0.265 e. The van der Waals surface area contributed by atoms with Gasteiger partial charge in [-0.2, -0.15) is 0 Å². The third-order valence-electron chi connectivity index (χ3n) is 3.68. The fourth-order valence-electron chi connectivity index (χ4n) is 2.58. The molecule has 1 N–H and O–H groups in total. The van der Waals surface area contributed by atoms with E-state index < -0.39 is 5.91 Å². The molecule has 5 nitrogen and oxygen atoms in total. The van der Waals surface area contributed by atoms with Crippen molar-refractivity contribution in [3.05, 3.63) is 70.1 Å². The van der Waals surface area contributed by atoms with Crippen LogP contribution in [0.5, 0.6) is 0 Å². The number of amides is 1. The van der Waals surface area contributed by atoms with Crippen LogP contribution in [0, 0.1) is 6.92 Å². The SMILES string of the molecule is CCn1c(=O)c(C(=O)Nc2cccc(C)c2)cc2cccnc21. The summed E-state index contributed by atoms with van der Waals surface area (Å²) in [6.45, 7) is 4.26. The molecule has 1 aromatic carbocycles. The van der Waals surface area contributed by atoms with Crippen molar-refractivity contribution in [2.75, 3.05) is 5.32 Å². The van der Waals surface area contributed by atoms with Gasteiger partial charge in [0.05, 0.1) is 0 Å². The van der Waals surface area contributed by atoms with Crippen molar-refractivity contribution in [1.82, 2.24) is 9.55 Å². The van der Waals surface area contributed by atoms with E-state index in [1.165, 1.54) is 4.57 Å². The zero-order valence-corrected chi connectivity index (χ0v) is 13.0. The van der Waals surface area contributed by atoms with Crippen molar-refractivity contribution in [3.8, 4) is 0 Å². The minimum absolute atomic E-state index is 0.119. The number of hydrogen-bond acceptors (Lipinski definition) is 3. The summed E-state index contributed by atoms with van der Waals surface area (Å²) in [6, 6.07) is 12.7. The van der Waals surface area contributed by atoms with Crippen LogP contribution in [0.15, 0.2) is 53.5 Å². The van der Waals surface area contributed by atoms with E-state index in [0.29, 0.717) is 17.9 Å². The van der Waals surface area contributed by atoms with Gasteiger partial charge in [0.15, 0.2) is 0 Å². The first-order chi connectivity index (χ1) is 11.1. The topological polar surface area (TPSA) is 64.0 Å². The monoisotopic (exact) mass is 307 g/mol. The standard InChI is InChI=1S/C18H17N3O2/c1-3-21-16-13(7-5-9-19-16)11-15(18(21)23)17(22)20-14-8-4-6-12(2)10-14/h4-11H,3H2,1-2H3,(H,20,22). The van der Waals surface area contributed by atoms with Crippen LogP contribution in [-0.2, 0) is 6.54 Å². The summed E-state index contributed by atoms with van der Waals surface area (Å²) >= 11 is 0. The Balaban J connectivity index is 2.07. The minimum Gasteiger partial charge on any atom is -0.322 e. The van der Waals surface area contributed by atoms with E-state index >= 15 is 0 Å². The van der Waals surface area contributed by atoms with E-state index in [9.17, 15) is 9.59 Å². The van der Waals surface area contributed by atoms with E-state index in [1.54, 1.807) is 24.4 Å². The summed E-state index contributed by atoms with van der Waals surface area (Å²) < 4.78 is 1.51. The number of pyridine rings is 2. The Morgan fingerprint density at radius 2 is 2.04 bits per heavy atom. The van der Waals surface area contributed by atoms with Crippen molar-refractivity contribution in [3.63, 3.8) is 0 Å². The largest absolute Gasteiger partial charge is 0.322 e. The third-order valence-corrected chi connectivity index (χ3v) is 3.68. The lowest BCUT2D eigenvalue weighted by atomic mass is 10.1. The fourth-order valence-corrected chi connectivity index (χ4v) is 2.58. The predicted molar refractivity (Wildman–Crippen MR) is 90.8 cm³/mol. The number of aryl methyl sites for hydroxylation is 2. The number of nitrogens with one attached hydrogen (secondary N) is 1. The molecule has 3 aromatic rings. The Labute approximate surface area is 133 Å². The van der Waals surface area contributed by atoms with Crippen LogP contribution in [0.3, 0.4) is 0 Å². The van der Waals surface area contributed by atoms with Crippen molar-refractivity contribution < 1.29 is 4.79 Å². The molecular formula is C18H17N3O2. The van der Waals surface area contributed by atoms with Gasteiger partial charge in [0, 0.05) is 23.8 Å². The van der Waals surface area contributed by atoms with Crippen LogP contribution >= 0.6 is 0 Å². The Hall–Kier alpha value is -2.95. The first-order valence-corrected chi connectivity index (χ1v) is 7.46. The highest BCUT2D eigenvalue weighted by Gasteiger charge is 2.15. The predicted octanol–water partition coefficient (Wildman–Crippen LogP) is 2.98. The molecule has 5 heteroatoms. The first-order valence-electron chi connectivity index (χ1n) is 7.46. The molecule has 23 heavy (non-hydrogen) atoms. The number of fused-ring (bicyclic) bond motifs is 1. The third kappa shape index (κ3) is 2.85. The number of anilines is 1. The van der Waals surface area contributed by atoms with Crippen LogP contribution in [0.1, 0.15) is 22.8 Å². The Bertz CT molecular complexity index is 944. The van der Waals surface area contributed by atoms with E-state index in [1.807, 2.05) is 38.1 Å². The zero-order valence-electron chi connectivity index (χ0n) is 13.0. The number of benzene rings is 1. The van der Waals surface area contributed by atoms with Crippen molar-refractivity contribution >= 4 is 22.6 Å². The van der Waals surface area contributed by atoms with E-state index in [0.717, 1.165) is 10.9 Å². The lowest BCUT2D eigenvalue weighted by molar-refractivity contribution is 0.102. The highest BCUT2D eigenvalue weighted by Crippen LogP contribution is 2.14. The molecule has 0 atom stereocenters. The summed E-state index contributed by atoms with van der Waals surface area (Å²) in [5.41, 5.74) is 2.09. The minimum atomic E-state index is -0.409. The second kappa shape index (κ2) is 6.04. The summed E-state index contributed by atoms with van der Waals surface area (Å²) in [5.74, 6) is -0.409. The first kappa shape index (κ1) is 15.0. The molecule has 0 aliphatic heterocycles. The molecule has 0 saturated carbocycles. The zero-order chi connectivity index (χ0) is 16.4. The molecule has 0 bridgehead atoms. The molecule has 2 heterocycles. The van der Waals surface area contributed by atoms with Gasteiger partial charge in [-0.15, -0.1) is 0 Å². The number of aromatic nitrogens is 2. The molecule has 0 aliphatic carbocycles. The van der Waals surface area contributed by atoms with Crippen molar-refractivity contribution in [1.29, 1.82) is 0 Å². The molecule has 0 spiro atoms. The Kier molecular flexibility index (Phi) is 3.93. The molecule has 0 unspecified atom stereocenters. The summed E-state index contributed by atoms with van der Waals surface area (Å²) in [5, 5.41) is 3.55. The quantitative estimate of drug-likeness (QED) is 0.809. The van der Waals surface area contributed by atoms with Gasteiger partial charge in [0.2, 0.25) is 0 Å². The van der Waals surface area contributed by atoms with Gasteiger partial charge < -0.3 is 5.32 Å². The van der Waals surface area contributed by atoms with Gasteiger partial charge >= 0.3 is 0 Å². The fraction of sp³-hybridized carbons (Fsp3) is 0.167. The molecule has 0 aliphatic rings. The molecule has 0 radical (unpaired) electrons. The molecule has 2 aromatic heterocycles. The van der Waals surface area contributed by atoms with Crippen LogP contribution in [-0.4, -0.2) is 15.5 Å². The molecule has 0 fully saturated rings. The van der Waals surface area contributed by atoms with Gasteiger partial charge in [0.25, 0.3) is 11.5 Å². The molecule has 116 valence electrons. The van der Waals surface area contributed by atoms with Crippen molar-refractivity contribution in [2.45, 2.75) is 20.4 Å². The van der Waals surface area contributed by atoms with E-state index in [2.05, 4.69) is 10.3 Å². The van der Waals surface area contributed by atoms with Gasteiger partial charge in [0.1, 0.15) is 11.2 Å².